The number of hydrogen-bond donors (Lipinski definition) is 2. The van der Waals surface area contributed by atoms with Gasteiger partial charge in [0.2, 0.25) is 0 Å². The summed E-state index contributed by atoms with van der Waals surface area (Å²) in [6.45, 7) is 1.91. The van der Waals surface area contributed by atoms with Crippen LogP contribution in [-0.2, 0) is 12.8 Å². The van der Waals surface area contributed by atoms with Crippen LogP contribution in [0, 0.1) is 6.92 Å². The fourth-order valence-electron chi connectivity index (χ4n) is 1.77. The Bertz CT molecular complexity index is 476. The summed E-state index contributed by atoms with van der Waals surface area (Å²) in [7, 11) is 0. The van der Waals surface area contributed by atoms with E-state index in [4.69, 9.17) is 10.2 Å². The summed E-state index contributed by atoms with van der Waals surface area (Å²) >= 11 is 0. The zero-order valence-corrected chi connectivity index (χ0v) is 9.76. The second kappa shape index (κ2) is 5.01. The van der Waals surface area contributed by atoms with Gasteiger partial charge in [-0.15, -0.1) is 0 Å². The normalized spacial score (nSPS) is 12.6. The van der Waals surface area contributed by atoms with Crippen molar-refractivity contribution in [1.29, 1.82) is 0 Å². The van der Waals surface area contributed by atoms with Crippen molar-refractivity contribution in [3.63, 3.8) is 0 Å². The van der Waals surface area contributed by atoms with E-state index in [-0.39, 0.29) is 11.8 Å². The maximum Gasteiger partial charge on any atom is 0.181 e. The van der Waals surface area contributed by atoms with Gasteiger partial charge in [-0.2, -0.15) is 0 Å². The molecule has 0 saturated heterocycles. The monoisotopic (exact) mass is 232 g/mol. The van der Waals surface area contributed by atoms with Crippen molar-refractivity contribution in [1.82, 2.24) is 4.98 Å². The minimum atomic E-state index is -0.00815. The third kappa shape index (κ3) is 3.07. The van der Waals surface area contributed by atoms with E-state index in [1.54, 1.807) is 12.1 Å². The summed E-state index contributed by atoms with van der Waals surface area (Å²) < 4.78 is 5.26. The summed E-state index contributed by atoms with van der Waals surface area (Å²) in [5, 5.41) is 9.18. The van der Waals surface area contributed by atoms with Crippen molar-refractivity contribution in [2.45, 2.75) is 25.8 Å². The number of oxazole rings is 1. The van der Waals surface area contributed by atoms with Gasteiger partial charge < -0.3 is 15.3 Å². The molecule has 0 bridgehead atoms. The van der Waals surface area contributed by atoms with Gasteiger partial charge in [-0.25, -0.2) is 4.98 Å². The van der Waals surface area contributed by atoms with E-state index in [1.807, 2.05) is 19.1 Å². The van der Waals surface area contributed by atoms with Gasteiger partial charge in [0, 0.05) is 12.5 Å². The average molecular weight is 232 g/mol. The van der Waals surface area contributed by atoms with Crippen LogP contribution in [0.2, 0.25) is 0 Å². The van der Waals surface area contributed by atoms with Gasteiger partial charge in [-0.3, -0.25) is 0 Å². The van der Waals surface area contributed by atoms with Gasteiger partial charge in [-0.05, 0) is 31.0 Å². The fourth-order valence-corrected chi connectivity index (χ4v) is 1.77. The molecule has 1 atom stereocenters. The number of benzene rings is 1. The van der Waals surface area contributed by atoms with Crippen LogP contribution in [0.15, 0.2) is 35.1 Å². The van der Waals surface area contributed by atoms with Crippen LogP contribution in [0.25, 0.3) is 0 Å². The van der Waals surface area contributed by atoms with Gasteiger partial charge in [0.1, 0.15) is 11.5 Å². The van der Waals surface area contributed by atoms with Crippen LogP contribution in [-0.4, -0.2) is 16.1 Å². The lowest BCUT2D eigenvalue weighted by Crippen LogP contribution is -2.25. The molecule has 0 spiro atoms. The minimum absolute atomic E-state index is 0.00815. The maximum atomic E-state index is 9.18. The van der Waals surface area contributed by atoms with Crippen molar-refractivity contribution in [2.24, 2.45) is 5.73 Å². The topological polar surface area (TPSA) is 72.3 Å². The Balaban J connectivity index is 1.95. The molecule has 1 unspecified atom stereocenters. The van der Waals surface area contributed by atoms with Crippen LogP contribution in [0.4, 0.5) is 0 Å². The minimum Gasteiger partial charge on any atom is -0.508 e. The van der Waals surface area contributed by atoms with Crippen LogP contribution >= 0.6 is 0 Å². The molecule has 17 heavy (non-hydrogen) atoms. The number of hydrogen-bond acceptors (Lipinski definition) is 4. The number of aromatic nitrogens is 1. The molecule has 3 N–H and O–H groups in total. The lowest BCUT2D eigenvalue weighted by Gasteiger charge is -2.10. The fraction of sp³-hybridized carbons (Fsp3) is 0.308. The number of phenols is 1. The highest BCUT2D eigenvalue weighted by atomic mass is 16.3. The summed E-state index contributed by atoms with van der Waals surface area (Å²) in [5.41, 5.74) is 8.05. The number of nitrogens with two attached hydrogens (primary N) is 1. The predicted octanol–water partition coefficient (Wildman–Crippen LogP) is 1.80. The van der Waals surface area contributed by atoms with Crippen LogP contribution in [0.1, 0.15) is 17.0 Å². The number of rotatable bonds is 4. The Kier molecular flexibility index (Phi) is 3.44. The summed E-state index contributed by atoms with van der Waals surface area (Å²) in [6.07, 6.45) is 2.87. The van der Waals surface area contributed by atoms with Crippen LogP contribution in [0.3, 0.4) is 0 Å². The zero-order chi connectivity index (χ0) is 12.3. The number of aryl methyl sites for hydroxylation is 1. The molecular weight excluding hydrogens is 216 g/mol. The third-order valence-corrected chi connectivity index (χ3v) is 2.73. The van der Waals surface area contributed by atoms with Gasteiger partial charge in [0.05, 0.1) is 5.69 Å². The first kappa shape index (κ1) is 11.7. The quantitative estimate of drug-likeness (QED) is 0.843. The molecular formula is C13H16N2O2. The number of phenolic OH excluding ortho intramolecular Hbond substituents is 1. The van der Waals surface area contributed by atoms with Crippen molar-refractivity contribution >= 4 is 0 Å². The van der Waals surface area contributed by atoms with Gasteiger partial charge in [-0.1, -0.05) is 12.1 Å². The predicted molar refractivity (Wildman–Crippen MR) is 64.7 cm³/mol. The zero-order valence-electron chi connectivity index (χ0n) is 9.76. The molecule has 1 aromatic heterocycles. The molecule has 2 rings (SSSR count). The molecule has 0 aliphatic carbocycles. The first-order valence-electron chi connectivity index (χ1n) is 5.57. The second-order valence-corrected chi connectivity index (χ2v) is 4.20. The van der Waals surface area contributed by atoms with E-state index in [0.29, 0.717) is 6.42 Å². The second-order valence-electron chi connectivity index (χ2n) is 4.20. The van der Waals surface area contributed by atoms with Gasteiger partial charge in [0.25, 0.3) is 0 Å². The van der Waals surface area contributed by atoms with E-state index in [2.05, 4.69) is 4.98 Å². The number of nitrogens with zero attached hydrogens (tertiary/aromatic N) is 1. The van der Waals surface area contributed by atoms with Gasteiger partial charge in [0.15, 0.2) is 6.39 Å². The highest BCUT2D eigenvalue weighted by Crippen LogP contribution is 2.13. The van der Waals surface area contributed by atoms with E-state index in [0.717, 1.165) is 23.4 Å². The first-order chi connectivity index (χ1) is 8.15. The maximum absolute atomic E-state index is 9.18. The highest BCUT2D eigenvalue weighted by Gasteiger charge is 2.10. The standard InChI is InChI=1S/C13H16N2O2/c1-9-13(17-8-15-9)7-11(14)6-10-2-4-12(16)5-3-10/h2-5,8,11,16H,6-7,14H2,1H3. The Morgan fingerprint density at radius 2 is 2.00 bits per heavy atom. The van der Waals surface area contributed by atoms with E-state index in [9.17, 15) is 5.11 Å². The molecule has 0 aliphatic rings. The smallest absolute Gasteiger partial charge is 0.181 e. The van der Waals surface area contributed by atoms with Crippen molar-refractivity contribution in [3.05, 3.63) is 47.7 Å². The first-order valence-corrected chi connectivity index (χ1v) is 5.57. The molecule has 1 heterocycles. The largest absolute Gasteiger partial charge is 0.508 e. The van der Waals surface area contributed by atoms with E-state index >= 15 is 0 Å². The summed E-state index contributed by atoms with van der Waals surface area (Å²) in [5.74, 6) is 1.12. The lowest BCUT2D eigenvalue weighted by atomic mass is 10.0. The van der Waals surface area contributed by atoms with Gasteiger partial charge >= 0.3 is 0 Å². The van der Waals surface area contributed by atoms with Crippen LogP contribution in [0.5, 0.6) is 5.75 Å². The summed E-state index contributed by atoms with van der Waals surface area (Å²) in [6, 6.07) is 7.08. The SMILES string of the molecule is Cc1ncoc1CC(N)Cc1ccc(O)cc1. The molecule has 0 radical (unpaired) electrons. The van der Waals surface area contributed by atoms with E-state index in [1.165, 1.54) is 6.39 Å². The molecule has 2 aromatic rings. The highest BCUT2D eigenvalue weighted by molar-refractivity contribution is 5.26. The summed E-state index contributed by atoms with van der Waals surface area (Å²) in [4.78, 5) is 4.03. The molecule has 0 saturated carbocycles. The Hall–Kier alpha value is -1.81. The lowest BCUT2D eigenvalue weighted by molar-refractivity contribution is 0.472. The van der Waals surface area contributed by atoms with Crippen molar-refractivity contribution in [3.8, 4) is 5.75 Å². The Labute approximate surface area is 100 Å². The molecule has 4 heteroatoms. The molecule has 1 aromatic carbocycles. The van der Waals surface area contributed by atoms with Crippen molar-refractivity contribution < 1.29 is 9.52 Å². The number of aromatic hydroxyl groups is 1. The average Bonchev–Trinajstić information content (AvgIpc) is 2.68. The molecule has 4 nitrogen and oxygen atoms in total. The van der Waals surface area contributed by atoms with Crippen LogP contribution < -0.4 is 5.73 Å². The van der Waals surface area contributed by atoms with Crippen molar-refractivity contribution in [2.75, 3.05) is 0 Å². The molecule has 90 valence electrons. The Morgan fingerprint density at radius 1 is 1.29 bits per heavy atom. The Morgan fingerprint density at radius 3 is 2.59 bits per heavy atom. The molecule has 0 amide bonds. The third-order valence-electron chi connectivity index (χ3n) is 2.73. The molecule has 0 fully saturated rings. The van der Waals surface area contributed by atoms with E-state index < -0.39 is 0 Å². The molecule has 0 aliphatic heterocycles.